The molecule has 0 saturated carbocycles. The molecule has 0 amide bonds. The van der Waals surface area contributed by atoms with Crippen LogP contribution in [0.1, 0.15) is 18.7 Å². The SMILES string of the molecule is COc1ccc(-c2nn(C(C)c3oc4cccc(F)c4c(=O)c3-c3cccc(F)c3)c3ncnc(N)c23)cc1N. The van der Waals surface area contributed by atoms with Crippen molar-refractivity contribution in [3.8, 4) is 28.1 Å². The molecule has 0 fully saturated rings. The Bertz CT molecular complexity index is 2000. The Morgan fingerprint density at radius 2 is 1.77 bits per heavy atom. The van der Waals surface area contributed by atoms with Crippen LogP contribution in [-0.2, 0) is 0 Å². The highest BCUT2D eigenvalue weighted by molar-refractivity contribution is 5.99. The van der Waals surface area contributed by atoms with E-state index in [-0.39, 0.29) is 33.7 Å². The number of ether oxygens (including phenoxy) is 1. The van der Waals surface area contributed by atoms with Crippen LogP contribution in [0, 0.1) is 11.6 Å². The molecule has 3 heterocycles. The van der Waals surface area contributed by atoms with Gasteiger partial charge in [-0.3, -0.25) is 4.79 Å². The zero-order valence-electron chi connectivity index (χ0n) is 21.4. The minimum absolute atomic E-state index is 0.00511. The number of nitrogens with two attached hydrogens (primary N) is 2. The molecule has 0 aliphatic rings. The first kappa shape index (κ1) is 25.0. The smallest absolute Gasteiger partial charge is 0.203 e. The number of hydrogen-bond acceptors (Lipinski definition) is 8. The van der Waals surface area contributed by atoms with Crippen molar-refractivity contribution in [3.63, 3.8) is 0 Å². The molecule has 0 saturated heterocycles. The summed E-state index contributed by atoms with van der Waals surface area (Å²) in [6, 6.07) is 14.0. The number of fused-ring (bicyclic) bond motifs is 2. The lowest BCUT2D eigenvalue weighted by molar-refractivity contribution is 0.417. The van der Waals surface area contributed by atoms with Crippen molar-refractivity contribution in [2.75, 3.05) is 18.6 Å². The molecule has 6 aromatic rings. The van der Waals surface area contributed by atoms with Gasteiger partial charge in [0.25, 0.3) is 0 Å². The fourth-order valence-electron chi connectivity index (χ4n) is 4.89. The van der Waals surface area contributed by atoms with Crippen molar-refractivity contribution in [2.24, 2.45) is 0 Å². The Morgan fingerprint density at radius 3 is 2.52 bits per heavy atom. The average molecular weight is 541 g/mol. The van der Waals surface area contributed by atoms with Gasteiger partial charge in [0.1, 0.15) is 58.0 Å². The van der Waals surface area contributed by atoms with E-state index >= 15 is 0 Å². The maximum atomic E-state index is 14.8. The van der Waals surface area contributed by atoms with E-state index in [1.807, 2.05) is 0 Å². The number of hydrogen-bond donors (Lipinski definition) is 2. The average Bonchev–Trinajstić information content (AvgIpc) is 3.33. The summed E-state index contributed by atoms with van der Waals surface area (Å²) in [6.07, 6.45) is 1.30. The summed E-state index contributed by atoms with van der Waals surface area (Å²) < 4.78 is 42.1. The van der Waals surface area contributed by atoms with E-state index in [0.717, 1.165) is 0 Å². The summed E-state index contributed by atoms with van der Waals surface area (Å²) in [4.78, 5) is 22.3. The first-order valence-corrected chi connectivity index (χ1v) is 12.2. The number of methoxy groups -OCH3 is 1. The molecule has 4 N–H and O–H groups in total. The van der Waals surface area contributed by atoms with E-state index in [4.69, 9.17) is 25.7 Å². The fourth-order valence-corrected chi connectivity index (χ4v) is 4.89. The quantitative estimate of drug-likeness (QED) is 0.280. The summed E-state index contributed by atoms with van der Waals surface area (Å²) in [5, 5.41) is 5.03. The summed E-state index contributed by atoms with van der Waals surface area (Å²) in [5.41, 5.74) is 13.9. The van der Waals surface area contributed by atoms with Gasteiger partial charge in [-0.1, -0.05) is 18.2 Å². The van der Waals surface area contributed by atoms with Crippen molar-refractivity contribution in [2.45, 2.75) is 13.0 Å². The molecular weight excluding hydrogens is 518 g/mol. The Kier molecular flexibility index (Phi) is 5.91. The largest absolute Gasteiger partial charge is 0.495 e. The van der Waals surface area contributed by atoms with Crippen LogP contribution in [0.5, 0.6) is 5.75 Å². The predicted octanol–water partition coefficient (Wildman–Crippen LogP) is 5.33. The number of nitrogens with zero attached hydrogens (tertiary/aromatic N) is 4. The van der Waals surface area contributed by atoms with Crippen LogP contribution in [0.25, 0.3) is 44.4 Å². The van der Waals surface area contributed by atoms with Gasteiger partial charge in [-0.2, -0.15) is 5.10 Å². The van der Waals surface area contributed by atoms with E-state index in [1.54, 1.807) is 31.2 Å². The van der Waals surface area contributed by atoms with E-state index < -0.39 is 23.1 Å². The summed E-state index contributed by atoms with van der Waals surface area (Å²) in [6.45, 7) is 1.74. The van der Waals surface area contributed by atoms with E-state index in [1.165, 1.54) is 54.5 Å². The molecule has 1 unspecified atom stereocenters. The normalized spacial score (nSPS) is 12.2. The lowest BCUT2D eigenvalue weighted by Gasteiger charge is -2.17. The molecule has 0 bridgehead atoms. The Labute approximate surface area is 225 Å². The van der Waals surface area contributed by atoms with Crippen LogP contribution in [0.2, 0.25) is 0 Å². The molecule has 0 aliphatic carbocycles. The first-order chi connectivity index (χ1) is 19.3. The number of anilines is 2. The topological polar surface area (TPSA) is 135 Å². The number of halogens is 2. The number of rotatable bonds is 5. The molecule has 200 valence electrons. The molecule has 11 heteroatoms. The van der Waals surface area contributed by atoms with Crippen molar-refractivity contribution in [3.05, 3.63) is 94.6 Å². The fraction of sp³-hybridized carbons (Fsp3) is 0.103. The number of benzene rings is 3. The molecular formula is C29H22F2N6O3. The Balaban J connectivity index is 1.64. The van der Waals surface area contributed by atoms with Gasteiger partial charge in [-0.25, -0.2) is 23.4 Å². The molecule has 0 spiro atoms. The highest BCUT2D eigenvalue weighted by Crippen LogP contribution is 2.38. The lowest BCUT2D eigenvalue weighted by atomic mass is 9.99. The molecule has 0 aliphatic heterocycles. The van der Waals surface area contributed by atoms with Crippen LogP contribution in [0.4, 0.5) is 20.3 Å². The van der Waals surface area contributed by atoms with Gasteiger partial charge in [-0.05, 0) is 55.0 Å². The van der Waals surface area contributed by atoms with Crippen molar-refractivity contribution in [1.82, 2.24) is 19.7 Å². The van der Waals surface area contributed by atoms with E-state index in [9.17, 15) is 13.6 Å². The maximum absolute atomic E-state index is 14.8. The lowest BCUT2D eigenvalue weighted by Crippen LogP contribution is -2.17. The zero-order valence-corrected chi connectivity index (χ0v) is 21.4. The summed E-state index contributed by atoms with van der Waals surface area (Å²) in [7, 11) is 1.52. The van der Waals surface area contributed by atoms with Gasteiger partial charge in [0.05, 0.1) is 23.7 Å². The van der Waals surface area contributed by atoms with Gasteiger partial charge in [0.15, 0.2) is 5.65 Å². The van der Waals surface area contributed by atoms with Crippen LogP contribution >= 0.6 is 0 Å². The minimum Gasteiger partial charge on any atom is -0.495 e. The van der Waals surface area contributed by atoms with Crippen molar-refractivity contribution in [1.29, 1.82) is 0 Å². The Hall–Kier alpha value is -5.32. The second kappa shape index (κ2) is 9.45. The molecule has 3 aromatic heterocycles. The molecule has 1 atom stereocenters. The third-order valence-corrected chi connectivity index (χ3v) is 6.78. The number of nitrogen functional groups attached to an aromatic ring is 2. The van der Waals surface area contributed by atoms with Crippen LogP contribution in [0.3, 0.4) is 0 Å². The standard InChI is InChI=1S/C29H22F2N6O3/c1-14(27-22(15-5-3-6-17(30)11-15)26(38)23-18(31)7-4-8-21(23)40-27)37-29-24(28(33)34-13-35-29)25(36-37)16-9-10-20(39-2)19(32)12-16/h3-14H,32H2,1-2H3,(H2,33,34,35). The second-order valence-corrected chi connectivity index (χ2v) is 9.18. The summed E-state index contributed by atoms with van der Waals surface area (Å²) >= 11 is 0. The highest BCUT2D eigenvalue weighted by atomic mass is 19.1. The highest BCUT2D eigenvalue weighted by Gasteiger charge is 2.28. The predicted molar refractivity (Wildman–Crippen MR) is 148 cm³/mol. The van der Waals surface area contributed by atoms with Gasteiger partial charge in [0, 0.05) is 5.56 Å². The van der Waals surface area contributed by atoms with Crippen molar-refractivity contribution < 1.29 is 17.9 Å². The van der Waals surface area contributed by atoms with Crippen LogP contribution in [0.15, 0.2) is 76.2 Å². The first-order valence-electron chi connectivity index (χ1n) is 12.2. The molecule has 9 nitrogen and oxygen atoms in total. The maximum Gasteiger partial charge on any atom is 0.203 e. The Morgan fingerprint density at radius 1 is 0.975 bits per heavy atom. The van der Waals surface area contributed by atoms with Crippen molar-refractivity contribution >= 4 is 33.5 Å². The van der Waals surface area contributed by atoms with Gasteiger partial charge in [0.2, 0.25) is 5.43 Å². The molecule has 6 rings (SSSR count). The van der Waals surface area contributed by atoms with E-state index in [0.29, 0.717) is 33.7 Å². The summed E-state index contributed by atoms with van der Waals surface area (Å²) in [5.74, 6) is -0.493. The molecule has 3 aromatic carbocycles. The minimum atomic E-state index is -0.778. The third-order valence-electron chi connectivity index (χ3n) is 6.78. The monoisotopic (exact) mass is 540 g/mol. The van der Waals surface area contributed by atoms with Crippen LogP contribution < -0.4 is 21.6 Å². The molecule has 40 heavy (non-hydrogen) atoms. The number of aromatic nitrogens is 4. The van der Waals surface area contributed by atoms with Gasteiger partial charge >= 0.3 is 0 Å². The van der Waals surface area contributed by atoms with Gasteiger partial charge in [-0.15, -0.1) is 0 Å². The van der Waals surface area contributed by atoms with Gasteiger partial charge < -0.3 is 20.6 Å². The van der Waals surface area contributed by atoms with Crippen LogP contribution in [-0.4, -0.2) is 26.9 Å². The molecule has 0 radical (unpaired) electrons. The van der Waals surface area contributed by atoms with E-state index in [2.05, 4.69) is 9.97 Å². The second-order valence-electron chi connectivity index (χ2n) is 9.18. The third kappa shape index (κ3) is 3.90. The zero-order chi connectivity index (χ0) is 28.1.